The molecule has 0 amide bonds. The van der Waals surface area contributed by atoms with E-state index in [-0.39, 0.29) is 0 Å². The molecule has 0 rings (SSSR count). The SMILES string of the molecule is NC=CC=CC=CC=CC=[NH2+]. The van der Waals surface area contributed by atoms with Crippen LogP contribution in [-0.2, 0) is 0 Å². The zero-order chi connectivity index (χ0) is 8.36. The first-order valence-electron chi connectivity index (χ1n) is 3.33. The minimum absolute atomic E-state index is 1.48. The van der Waals surface area contributed by atoms with Crippen LogP contribution in [0.25, 0.3) is 0 Å². The van der Waals surface area contributed by atoms with Gasteiger partial charge < -0.3 is 5.73 Å². The third-order valence-electron chi connectivity index (χ3n) is 0.889. The monoisotopic (exact) mass is 149 g/mol. The number of hydrogen-bond donors (Lipinski definition) is 2. The van der Waals surface area contributed by atoms with E-state index < -0.39 is 0 Å². The Morgan fingerprint density at radius 2 is 1.18 bits per heavy atom. The van der Waals surface area contributed by atoms with Crippen LogP contribution in [0.15, 0.2) is 48.7 Å². The lowest BCUT2D eigenvalue weighted by Crippen LogP contribution is -2.27. The Labute approximate surface area is 66.9 Å². The van der Waals surface area contributed by atoms with Crippen molar-refractivity contribution >= 4 is 6.21 Å². The quantitative estimate of drug-likeness (QED) is 0.427. The van der Waals surface area contributed by atoms with E-state index in [9.17, 15) is 0 Å². The summed E-state index contributed by atoms with van der Waals surface area (Å²) in [5, 5.41) is 5.10. The summed E-state index contributed by atoms with van der Waals surface area (Å²) < 4.78 is 0. The lowest BCUT2D eigenvalue weighted by atomic mass is 10.4. The molecule has 0 unspecified atom stereocenters. The summed E-state index contributed by atoms with van der Waals surface area (Å²) >= 11 is 0. The molecule has 0 aromatic rings. The molecule has 0 saturated heterocycles. The van der Waals surface area contributed by atoms with Crippen LogP contribution >= 0.6 is 0 Å². The van der Waals surface area contributed by atoms with E-state index in [0.717, 1.165) is 0 Å². The molecule has 4 N–H and O–H groups in total. The van der Waals surface area contributed by atoms with Crippen LogP contribution in [0.5, 0.6) is 0 Å². The largest absolute Gasteiger partial charge is 0.405 e. The highest BCUT2D eigenvalue weighted by Gasteiger charge is 1.61. The van der Waals surface area contributed by atoms with Crippen LogP contribution in [0.3, 0.4) is 0 Å². The maximum atomic E-state index is 5.10. The molecule has 0 aromatic heterocycles. The van der Waals surface area contributed by atoms with Gasteiger partial charge in [0, 0.05) is 6.08 Å². The highest BCUT2D eigenvalue weighted by atomic mass is 14.5. The van der Waals surface area contributed by atoms with Crippen LogP contribution in [0, 0.1) is 0 Å². The van der Waals surface area contributed by atoms with Gasteiger partial charge in [0.05, 0.1) is 0 Å². The third kappa shape index (κ3) is 8.43. The molecule has 0 aliphatic rings. The van der Waals surface area contributed by atoms with Gasteiger partial charge in [0.2, 0.25) is 0 Å². The molecule has 0 fully saturated rings. The van der Waals surface area contributed by atoms with E-state index in [1.54, 1.807) is 12.2 Å². The highest BCUT2D eigenvalue weighted by Crippen LogP contribution is 1.79. The topological polar surface area (TPSA) is 51.6 Å². The molecule has 58 valence electrons. The van der Waals surface area contributed by atoms with E-state index in [1.165, 1.54) is 12.4 Å². The fraction of sp³-hybridized carbons (Fsp3) is 0. The minimum atomic E-state index is 1.48. The van der Waals surface area contributed by atoms with Gasteiger partial charge in [-0.05, 0) is 12.3 Å². The lowest BCUT2D eigenvalue weighted by molar-refractivity contribution is -0.104. The van der Waals surface area contributed by atoms with E-state index in [2.05, 4.69) is 0 Å². The zero-order valence-electron chi connectivity index (χ0n) is 6.35. The lowest BCUT2D eigenvalue weighted by Gasteiger charge is -1.71. The Hall–Kier alpha value is -1.57. The molecule has 0 heterocycles. The van der Waals surface area contributed by atoms with Crippen LogP contribution in [0.1, 0.15) is 0 Å². The van der Waals surface area contributed by atoms with Gasteiger partial charge in [-0.1, -0.05) is 30.4 Å². The van der Waals surface area contributed by atoms with Gasteiger partial charge in [-0.3, -0.25) is 5.41 Å². The average molecular weight is 149 g/mol. The van der Waals surface area contributed by atoms with Crippen LogP contribution in [0.4, 0.5) is 0 Å². The molecule has 0 aliphatic heterocycles. The van der Waals surface area contributed by atoms with Crippen molar-refractivity contribution in [3.63, 3.8) is 0 Å². The minimum Gasteiger partial charge on any atom is -0.405 e. The Balaban J connectivity index is 3.59. The molecule has 2 heteroatoms. The van der Waals surface area contributed by atoms with E-state index in [1.807, 2.05) is 30.4 Å². The maximum Gasteiger partial charge on any atom is 0.160 e. The third-order valence-corrected chi connectivity index (χ3v) is 0.889. The van der Waals surface area contributed by atoms with Gasteiger partial charge in [-0.2, -0.15) is 0 Å². The summed E-state index contributed by atoms with van der Waals surface area (Å²) in [6.07, 6.45) is 15.8. The highest BCUT2D eigenvalue weighted by molar-refractivity contribution is 5.65. The maximum absolute atomic E-state index is 5.10. The van der Waals surface area contributed by atoms with Gasteiger partial charge in [-0.15, -0.1) is 0 Å². The first-order chi connectivity index (χ1) is 5.41. The number of hydrogen-bond acceptors (Lipinski definition) is 1. The normalized spacial score (nSPS) is 12.7. The zero-order valence-corrected chi connectivity index (χ0v) is 6.35. The summed E-state index contributed by atoms with van der Waals surface area (Å²) in [4.78, 5) is 0. The van der Waals surface area contributed by atoms with Crippen molar-refractivity contribution in [3.8, 4) is 0 Å². The van der Waals surface area contributed by atoms with Crippen molar-refractivity contribution in [3.05, 3.63) is 48.7 Å². The molecule has 0 saturated carbocycles. The van der Waals surface area contributed by atoms with Gasteiger partial charge in [0.25, 0.3) is 0 Å². The summed E-state index contributed by atoms with van der Waals surface area (Å²) in [5.41, 5.74) is 5.10. The summed E-state index contributed by atoms with van der Waals surface area (Å²) in [7, 11) is 0. The van der Waals surface area contributed by atoms with Gasteiger partial charge in [0.15, 0.2) is 6.21 Å². The van der Waals surface area contributed by atoms with Crippen molar-refractivity contribution in [1.82, 2.24) is 0 Å². The fourth-order valence-corrected chi connectivity index (χ4v) is 0.449. The Morgan fingerprint density at radius 3 is 1.64 bits per heavy atom. The molecule has 0 bridgehead atoms. The predicted octanol–water partition coefficient (Wildman–Crippen LogP) is -0.0427. The summed E-state index contributed by atoms with van der Waals surface area (Å²) in [6.45, 7) is 0. The second-order valence-electron chi connectivity index (χ2n) is 1.73. The summed E-state index contributed by atoms with van der Waals surface area (Å²) in [5.74, 6) is 0. The van der Waals surface area contributed by atoms with Crippen molar-refractivity contribution in [2.24, 2.45) is 5.73 Å². The Bertz CT molecular complexity index is 198. The first-order valence-corrected chi connectivity index (χ1v) is 3.33. The molecule has 0 radical (unpaired) electrons. The van der Waals surface area contributed by atoms with Crippen molar-refractivity contribution in [2.45, 2.75) is 0 Å². The molecule has 11 heavy (non-hydrogen) atoms. The molecule has 0 aromatic carbocycles. The second kappa shape index (κ2) is 8.43. The van der Waals surface area contributed by atoms with E-state index in [0.29, 0.717) is 0 Å². The van der Waals surface area contributed by atoms with Gasteiger partial charge in [-0.25, -0.2) is 0 Å². The molecule has 0 aliphatic carbocycles. The van der Waals surface area contributed by atoms with E-state index >= 15 is 0 Å². The molecule has 0 atom stereocenters. The van der Waals surface area contributed by atoms with Crippen molar-refractivity contribution in [2.75, 3.05) is 0 Å². The average Bonchev–Trinajstić information content (AvgIpc) is 2.03. The van der Waals surface area contributed by atoms with Crippen molar-refractivity contribution < 1.29 is 5.41 Å². The predicted molar refractivity (Wildman–Crippen MR) is 48.7 cm³/mol. The van der Waals surface area contributed by atoms with Gasteiger partial charge in [0.1, 0.15) is 0 Å². The Kier molecular flexibility index (Phi) is 7.23. The van der Waals surface area contributed by atoms with Crippen molar-refractivity contribution in [1.29, 1.82) is 0 Å². The number of nitrogens with two attached hydrogens (primary N) is 2. The molecule has 2 nitrogen and oxygen atoms in total. The smallest absolute Gasteiger partial charge is 0.160 e. The molecular formula is C9H13N2+. The van der Waals surface area contributed by atoms with Crippen LogP contribution < -0.4 is 11.1 Å². The van der Waals surface area contributed by atoms with Crippen LogP contribution in [-0.4, -0.2) is 6.21 Å². The second-order valence-corrected chi connectivity index (χ2v) is 1.73. The van der Waals surface area contributed by atoms with Crippen LogP contribution in [0.2, 0.25) is 0 Å². The van der Waals surface area contributed by atoms with Gasteiger partial charge >= 0.3 is 0 Å². The molecular weight excluding hydrogens is 136 g/mol. The summed E-state index contributed by atoms with van der Waals surface area (Å²) in [6, 6.07) is 0. The Morgan fingerprint density at radius 1 is 0.727 bits per heavy atom. The first kappa shape index (κ1) is 9.43. The molecule has 0 spiro atoms. The number of allylic oxidation sites excluding steroid dienone is 7. The standard InChI is InChI=1S/C9H12N2/c10-8-6-4-2-1-3-5-7-9-11/h1-10H,11H2/p+1. The fourth-order valence-electron chi connectivity index (χ4n) is 0.449. The van der Waals surface area contributed by atoms with E-state index in [4.69, 9.17) is 11.1 Å². The number of rotatable bonds is 4.